The summed E-state index contributed by atoms with van der Waals surface area (Å²) in [5.74, 6) is 0. The second kappa shape index (κ2) is 12.3. The van der Waals surface area contributed by atoms with E-state index >= 15 is 0 Å². The molecule has 0 amide bonds. The van der Waals surface area contributed by atoms with E-state index in [0.717, 1.165) is 50.1 Å². The van der Waals surface area contributed by atoms with Crippen molar-refractivity contribution in [3.63, 3.8) is 0 Å². The Morgan fingerprint density at radius 1 is 0.316 bits per heavy atom. The molecule has 0 saturated carbocycles. The van der Waals surface area contributed by atoms with Crippen LogP contribution in [0.4, 0.5) is 17.1 Å². The quantitative estimate of drug-likeness (QED) is 0.176. The van der Waals surface area contributed by atoms with Crippen LogP contribution >= 0.6 is 0 Å². The van der Waals surface area contributed by atoms with Gasteiger partial charge in [0.2, 0.25) is 0 Å². The number of benzene rings is 9. The summed E-state index contributed by atoms with van der Waals surface area (Å²) in [6.45, 7) is 0. The number of hydrogen-bond acceptors (Lipinski definition) is 2. The minimum atomic E-state index is -0.450. The molecule has 0 saturated heterocycles. The van der Waals surface area contributed by atoms with Gasteiger partial charge in [-0.1, -0.05) is 182 Å². The maximum Gasteiger partial charge on any atom is 0.159 e. The van der Waals surface area contributed by atoms with Crippen molar-refractivity contribution < 1.29 is 4.42 Å². The van der Waals surface area contributed by atoms with Crippen molar-refractivity contribution in [1.29, 1.82) is 0 Å². The van der Waals surface area contributed by atoms with E-state index in [1.165, 1.54) is 55.6 Å². The Kier molecular flexibility index (Phi) is 6.88. The SMILES string of the molecule is c1ccc(-c2ccc(N(c3ccc4c(c3)C3(c5ccccc5-c5ccccc53)c3ccccc3-4)c3cccc4c3oc3c(-c5ccccc5)cccc34)cc2)cc1. The predicted molar refractivity (Wildman–Crippen MR) is 236 cm³/mol. The summed E-state index contributed by atoms with van der Waals surface area (Å²) in [4.78, 5) is 2.39. The Hall–Kier alpha value is -7.42. The maximum atomic E-state index is 7.07. The van der Waals surface area contributed by atoms with E-state index in [9.17, 15) is 0 Å². The number of nitrogens with zero attached hydrogens (tertiary/aromatic N) is 1. The van der Waals surface area contributed by atoms with Crippen LogP contribution in [-0.2, 0) is 5.41 Å². The fourth-order valence-corrected chi connectivity index (χ4v) is 9.91. The van der Waals surface area contributed by atoms with Gasteiger partial charge in [0.25, 0.3) is 0 Å². The van der Waals surface area contributed by atoms with Gasteiger partial charge >= 0.3 is 0 Å². The van der Waals surface area contributed by atoms with Gasteiger partial charge in [-0.2, -0.15) is 0 Å². The van der Waals surface area contributed by atoms with Gasteiger partial charge in [0, 0.05) is 27.7 Å². The predicted octanol–water partition coefficient (Wildman–Crippen LogP) is 14.7. The monoisotopic (exact) mass is 725 g/mol. The van der Waals surface area contributed by atoms with Crippen LogP contribution in [0.1, 0.15) is 22.3 Å². The molecule has 0 fully saturated rings. The Bertz CT molecular complexity index is 3110. The first kappa shape index (κ1) is 31.9. The molecule has 57 heavy (non-hydrogen) atoms. The summed E-state index contributed by atoms with van der Waals surface area (Å²) < 4.78 is 7.07. The van der Waals surface area contributed by atoms with E-state index in [-0.39, 0.29) is 0 Å². The molecule has 266 valence electrons. The molecule has 2 heteroatoms. The molecule has 0 atom stereocenters. The van der Waals surface area contributed by atoms with E-state index in [1.807, 2.05) is 0 Å². The molecular weight excluding hydrogens is 691 g/mol. The van der Waals surface area contributed by atoms with Crippen LogP contribution in [0.3, 0.4) is 0 Å². The molecule has 1 heterocycles. The summed E-state index contributed by atoms with van der Waals surface area (Å²) in [6.07, 6.45) is 0. The number of anilines is 3. The minimum absolute atomic E-state index is 0.450. The molecule has 2 nitrogen and oxygen atoms in total. The number of para-hydroxylation sites is 2. The van der Waals surface area contributed by atoms with Gasteiger partial charge in [-0.05, 0) is 91.5 Å². The second-order valence-electron chi connectivity index (χ2n) is 15.2. The number of fused-ring (bicyclic) bond motifs is 13. The fraction of sp³-hybridized carbons (Fsp3) is 0.0182. The zero-order valence-corrected chi connectivity index (χ0v) is 31.1. The standard InChI is InChI=1S/C55H35NO/c1-3-15-36(16-4-1)37-29-31-39(32-30-37)56(52-28-14-24-47-46-23-13-22-41(53(46)57-54(47)52)38-17-5-2-6-18-38)40-33-34-45-44-21-9-12-27-50(44)55(51(45)35-40)48-25-10-7-19-42(48)43-20-8-11-26-49(43)55/h1-35H. The van der Waals surface area contributed by atoms with Gasteiger partial charge in [-0.15, -0.1) is 0 Å². The molecule has 0 N–H and O–H groups in total. The lowest BCUT2D eigenvalue weighted by atomic mass is 9.70. The van der Waals surface area contributed by atoms with Crippen LogP contribution in [0, 0.1) is 0 Å². The highest BCUT2D eigenvalue weighted by Crippen LogP contribution is 2.63. The lowest BCUT2D eigenvalue weighted by molar-refractivity contribution is 0.670. The van der Waals surface area contributed by atoms with E-state index < -0.39 is 5.41 Å². The summed E-state index contributed by atoms with van der Waals surface area (Å²) in [5.41, 5.74) is 19.5. The van der Waals surface area contributed by atoms with Crippen molar-refractivity contribution in [3.8, 4) is 44.5 Å². The number of rotatable bonds is 5. The average Bonchev–Trinajstić information content (AvgIpc) is 3.92. The van der Waals surface area contributed by atoms with Gasteiger partial charge in [-0.25, -0.2) is 0 Å². The first-order chi connectivity index (χ1) is 28.3. The van der Waals surface area contributed by atoms with E-state index in [4.69, 9.17) is 4.42 Å². The molecule has 9 aromatic carbocycles. The van der Waals surface area contributed by atoms with Crippen LogP contribution in [0.15, 0.2) is 217 Å². The third-order valence-electron chi connectivity index (χ3n) is 12.3. The molecule has 10 aromatic rings. The topological polar surface area (TPSA) is 16.4 Å². The van der Waals surface area contributed by atoms with Crippen LogP contribution in [0.5, 0.6) is 0 Å². The highest BCUT2D eigenvalue weighted by Gasteiger charge is 2.51. The summed E-state index contributed by atoms with van der Waals surface area (Å²) in [5, 5.41) is 2.20. The van der Waals surface area contributed by atoms with Crippen LogP contribution in [-0.4, -0.2) is 0 Å². The van der Waals surface area contributed by atoms with Crippen molar-refractivity contribution in [2.24, 2.45) is 0 Å². The number of hydrogen-bond donors (Lipinski definition) is 0. The van der Waals surface area contributed by atoms with Crippen molar-refractivity contribution in [1.82, 2.24) is 0 Å². The Balaban J connectivity index is 1.12. The summed E-state index contributed by atoms with van der Waals surface area (Å²) in [7, 11) is 0. The van der Waals surface area contributed by atoms with Crippen LogP contribution < -0.4 is 4.90 Å². The average molecular weight is 726 g/mol. The molecule has 12 rings (SSSR count). The van der Waals surface area contributed by atoms with Crippen molar-refractivity contribution >= 4 is 39.0 Å². The van der Waals surface area contributed by atoms with E-state index in [1.54, 1.807) is 0 Å². The Labute approximate surface area is 331 Å². The number of furan rings is 1. The van der Waals surface area contributed by atoms with Gasteiger partial charge in [0.1, 0.15) is 5.58 Å². The normalized spacial score (nSPS) is 13.1. The fourth-order valence-electron chi connectivity index (χ4n) is 9.91. The van der Waals surface area contributed by atoms with Gasteiger partial charge in [0.05, 0.1) is 11.1 Å². The first-order valence-electron chi connectivity index (χ1n) is 19.7. The molecule has 1 spiro atoms. The zero-order valence-electron chi connectivity index (χ0n) is 31.1. The van der Waals surface area contributed by atoms with Gasteiger partial charge in [-0.3, -0.25) is 0 Å². The van der Waals surface area contributed by atoms with Crippen molar-refractivity contribution in [3.05, 3.63) is 235 Å². The molecule has 2 aliphatic carbocycles. The van der Waals surface area contributed by atoms with Gasteiger partial charge < -0.3 is 9.32 Å². The molecule has 0 radical (unpaired) electrons. The van der Waals surface area contributed by atoms with Crippen molar-refractivity contribution in [2.75, 3.05) is 4.90 Å². The molecular formula is C55H35NO. The third-order valence-corrected chi connectivity index (χ3v) is 12.3. The van der Waals surface area contributed by atoms with Crippen LogP contribution in [0.25, 0.3) is 66.4 Å². The molecule has 0 bridgehead atoms. The second-order valence-corrected chi connectivity index (χ2v) is 15.2. The Morgan fingerprint density at radius 3 is 1.42 bits per heavy atom. The van der Waals surface area contributed by atoms with E-state index in [0.29, 0.717) is 0 Å². The molecule has 0 aliphatic heterocycles. The minimum Gasteiger partial charge on any atom is -0.453 e. The molecule has 2 aliphatic rings. The smallest absolute Gasteiger partial charge is 0.159 e. The van der Waals surface area contributed by atoms with E-state index in [2.05, 4.69) is 217 Å². The zero-order chi connectivity index (χ0) is 37.5. The Morgan fingerprint density at radius 2 is 0.789 bits per heavy atom. The first-order valence-corrected chi connectivity index (χ1v) is 19.7. The third kappa shape index (κ3) is 4.53. The molecule has 0 unspecified atom stereocenters. The largest absolute Gasteiger partial charge is 0.453 e. The highest BCUT2D eigenvalue weighted by atomic mass is 16.3. The molecule has 1 aromatic heterocycles. The maximum absolute atomic E-state index is 7.07. The van der Waals surface area contributed by atoms with Crippen molar-refractivity contribution in [2.45, 2.75) is 5.41 Å². The summed E-state index contributed by atoms with van der Waals surface area (Å²) >= 11 is 0. The van der Waals surface area contributed by atoms with Crippen LogP contribution in [0.2, 0.25) is 0 Å². The summed E-state index contributed by atoms with van der Waals surface area (Å²) in [6, 6.07) is 77.3. The lowest BCUT2D eigenvalue weighted by Gasteiger charge is -2.32. The lowest BCUT2D eigenvalue weighted by Crippen LogP contribution is -2.26. The highest BCUT2D eigenvalue weighted by molar-refractivity contribution is 6.13. The van der Waals surface area contributed by atoms with Gasteiger partial charge in [0.15, 0.2) is 5.58 Å².